The van der Waals surface area contributed by atoms with Crippen molar-refractivity contribution >= 4 is 34.1 Å². The third-order valence-corrected chi connectivity index (χ3v) is 4.94. The Hall–Kier alpha value is -2.45. The molecular formula is C17H16N4O2S2. The second kappa shape index (κ2) is 7.62. The molecule has 0 aliphatic heterocycles. The molecule has 0 saturated heterocycles. The number of nitrogens with one attached hydrogen (secondary N) is 1. The number of hydrogen-bond acceptors (Lipinski definition) is 6. The van der Waals surface area contributed by atoms with Crippen molar-refractivity contribution in [3.05, 3.63) is 57.8 Å². The standard InChI is InChI=1S/C17H16N4O2S2/c1-11-10-25-16(18-11)20-14(22)9-21-15(23)8-13(19-17(21)24-2)12-6-4-3-5-7-12/h3-8,10H,9H2,1-2H3,(H,18,20,22). The van der Waals surface area contributed by atoms with Crippen molar-refractivity contribution in [2.45, 2.75) is 18.6 Å². The maximum atomic E-state index is 12.5. The third kappa shape index (κ3) is 4.15. The topological polar surface area (TPSA) is 76.9 Å². The molecular weight excluding hydrogens is 356 g/mol. The molecule has 0 saturated carbocycles. The Balaban J connectivity index is 1.86. The van der Waals surface area contributed by atoms with E-state index < -0.39 is 0 Å². The minimum atomic E-state index is -0.305. The molecule has 1 N–H and O–H groups in total. The van der Waals surface area contributed by atoms with E-state index in [-0.39, 0.29) is 18.0 Å². The van der Waals surface area contributed by atoms with Crippen LogP contribution in [0, 0.1) is 6.92 Å². The fourth-order valence-corrected chi connectivity index (χ4v) is 3.53. The van der Waals surface area contributed by atoms with Crippen LogP contribution in [0.25, 0.3) is 11.3 Å². The van der Waals surface area contributed by atoms with E-state index in [2.05, 4.69) is 15.3 Å². The van der Waals surface area contributed by atoms with Gasteiger partial charge in [-0.1, -0.05) is 42.1 Å². The molecule has 2 heterocycles. The first kappa shape index (κ1) is 17.4. The Labute approximate surface area is 153 Å². The lowest BCUT2D eigenvalue weighted by Crippen LogP contribution is -2.29. The summed E-state index contributed by atoms with van der Waals surface area (Å²) >= 11 is 2.68. The average Bonchev–Trinajstić information content (AvgIpc) is 3.02. The van der Waals surface area contributed by atoms with Crippen LogP contribution in [-0.2, 0) is 11.3 Å². The Bertz CT molecular complexity index is 951. The summed E-state index contributed by atoms with van der Waals surface area (Å²) in [5.41, 5.74) is 2.05. The van der Waals surface area contributed by atoms with Crippen molar-refractivity contribution in [3.8, 4) is 11.3 Å². The van der Waals surface area contributed by atoms with Crippen molar-refractivity contribution in [1.82, 2.24) is 14.5 Å². The third-order valence-electron chi connectivity index (χ3n) is 3.39. The molecule has 0 spiro atoms. The fraction of sp³-hybridized carbons (Fsp3) is 0.176. The highest BCUT2D eigenvalue weighted by molar-refractivity contribution is 7.98. The van der Waals surface area contributed by atoms with E-state index in [0.29, 0.717) is 16.0 Å². The number of benzene rings is 1. The average molecular weight is 372 g/mol. The molecule has 25 heavy (non-hydrogen) atoms. The van der Waals surface area contributed by atoms with Crippen molar-refractivity contribution in [2.24, 2.45) is 0 Å². The second-order valence-corrected chi connectivity index (χ2v) is 6.89. The van der Waals surface area contributed by atoms with Crippen molar-refractivity contribution in [3.63, 3.8) is 0 Å². The summed E-state index contributed by atoms with van der Waals surface area (Å²) in [5.74, 6) is -0.305. The quantitative estimate of drug-likeness (QED) is 0.550. The van der Waals surface area contributed by atoms with Gasteiger partial charge in [0.25, 0.3) is 5.56 Å². The normalized spacial score (nSPS) is 10.6. The Morgan fingerprint density at radius 3 is 2.68 bits per heavy atom. The molecule has 2 aromatic heterocycles. The summed E-state index contributed by atoms with van der Waals surface area (Å²) in [6, 6.07) is 10.9. The highest BCUT2D eigenvalue weighted by Gasteiger charge is 2.13. The van der Waals surface area contributed by atoms with Gasteiger partial charge < -0.3 is 5.32 Å². The summed E-state index contributed by atoms with van der Waals surface area (Å²) in [7, 11) is 0. The van der Waals surface area contributed by atoms with Crippen LogP contribution < -0.4 is 10.9 Å². The van der Waals surface area contributed by atoms with Crippen LogP contribution in [0.1, 0.15) is 5.69 Å². The molecule has 0 atom stereocenters. The van der Waals surface area contributed by atoms with E-state index in [9.17, 15) is 9.59 Å². The number of aromatic nitrogens is 3. The van der Waals surface area contributed by atoms with Crippen LogP contribution >= 0.6 is 23.1 Å². The van der Waals surface area contributed by atoms with E-state index >= 15 is 0 Å². The number of carbonyl (C=O) groups excluding carboxylic acids is 1. The van der Waals surface area contributed by atoms with Crippen molar-refractivity contribution in [2.75, 3.05) is 11.6 Å². The SMILES string of the molecule is CSc1nc(-c2ccccc2)cc(=O)n1CC(=O)Nc1nc(C)cs1. The van der Waals surface area contributed by atoms with Gasteiger partial charge in [-0.3, -0.25) is 14.2 Å². The van der Waals surface area contributed by atoms with Gasteiger partial charge in [-0.2, -0.15) is 0 Å². The van der Waals surface area contributed by atoms with Gasteiger partial charge in [0.1, 0.15) is 6.54 Å². The summed E-state index contributed by atoms with van der Waals surface area (Å²) in [5, 5.41) is 5.58. The number of amides is 1. The van der Waals surface area contributed by atoms with E-state index in [4.69, 9.17) is 0 Å². The Morgan fingerprint density at radius 1 is 1.28 bits per heavy atom. The molecule has 3 rings (SSSR count). The molecule has 8 heteroatoms. The first-order valence-corrected chi connectivity index (χ1v) is 9.60. The second-order valence-electron chi connectivity index (χ2n) is 5.26. The minimum absolute atomic E-state index is 0.101. The molecule has 0 aliphatic carbocycles. The molecule has 6 nitrogen and oxygen atoms in total. The number of rotatable bonds is 5. The molecule has 1 aromatic carbocycles. The number of thioether (sulfide) groups is 1. The Morgan fingerprint density at radius 2 is 2.04 bits per heavy atom. The number of thiazole rings is 1. The van der Waals surface area contributed by atoms with E-state index in [1.54, 1.807) is 0 Å². The number of nitrogens with zero attached hydrogens (tertiary/aromatic N) is 3. The molecule has 0 radical (unpaired) electrons. The minimum Gasteiger partial charge on any atom is -0.300 e. The van der Waals surface area contributed by atoms with Crippen LogP contribution in [0.2, 0.25) is 0 Å². The zero-order chi connectivity index (χ0) is 17.8. The molecule has 1 amide bonds. The van der Waals surface area contributed by atoms with Crippen LogP contribution in [0.15, 0.2) is 51.7 Å². The van der Waals surface area contributed by atoms with Gasteiger partial charge in [0.2, 0.25) is 5.91 Å². The van der Waals surface area contributed by atoms with Gasteiger partial charge in [0.15, 0.2) is 10.3 Å². The molecule has 0 fully saturated rings. The number of aryl methyl sites for hydroxylation is 1. The highest BCUT2D eigenvalue weighted by atomic mass is 32.2. The van der Waals surface area contributed by atoms with Crippen LogP contribution in [0.5, 0.6) is 0 Å². The number of carbonyl (C=O) groups is 1. The van der Waals surface area contributed by atoms with Gasteiger partial charge in [-0.05, 0) is 13.2 Å². The predicted octanol–water partition coefficient (Wildman–Crippen LogP) is 3.04. The van der Waals surface area contributed by atoms with Gasteiger partial charge >= 0.3 is 0 Å². The van der Waals surface area contributed by atoms with E-state index in [0.717, 1.165) is 11.3 Å². The molecule has 3 aromatic rings. The zero-order valence-corrected chi connectivity index (χ0v) is 15.4. The number of hydrogen-bond donors (Lipinski definition) is 1. The van der Waals surface area contributed by atoms with Crippen molar-refractivity contribution in [1.29, 1.82) is 0 Å². The molecule has 0 aliphatic rings. The summed E-state index contributed by atoms with van der Waals surface area (Å²) in [6.45, 7) is 1.75. The van der Waals surface area contributed by atoms with E-state index in [1.165, 1.54) is 33.7 Å². The fourth-order valence-electron chi connectivity index (χ4n) is 2.26. The molecule has 0 unspecified atom stereocenters. The van der Waals surface area contributed by atoms with Gasteiger partial charge in [0, 0.05) is 17.0 Å². The molecule has 0 bridgehead atoms. The molecule has 128 valence electrons. The largest absolute Gasteiger partial charge is 0.300 e. The lowest BCUT2D eigenvalue weighted by molar-refractivity contribution is -0.116. The van der Waals surface area contributed by atoms with Gasteiger partial charge in [-0.25, -0.2) is 9.97 Å². The smallest absolute Gasteiger partial charge is 0.255 e. The van der Waals surface area contributed by atoms with Crippen molar-refractivity contribution < 1.29 is 4.79 Å². The summed E-state index contributed by atoms with van der Waals surface area (Å²) in [6.07, 6.45) is 1.83. The Kier molecular flexibility index (Phi) is 5.30. The zero-order valence-electron chi connectivity index (χ0n) is 13.7. The van der Waals surface area contributed by atoms with Crippen LogP contribution in [0.4, 0.5) is 5.13 Å². The van der Waals surface area contributed by atoms with Crippen LogP contribution in [0.3, 0.4) is 0 Å². The van der Waals surface area contributed by atoms with Gasteiger partial charge in [0.05, 0.1) is 11.4 Å². The lowest BCUT2D eigenvalue weighted by Gasteiger charge is -2.11. The van der Waals surface area contributed by atoms with E-state index in [1.807, 2.05) is 48.9 Å². The maximum absolute atomic E-state index is 12.5. The predicted molar refractivity (Wildman–Crippen MR) is 101 cm³/mol. The summed E-state index contributed by atoms with van der Waals surface area (Å²) in [4.78, 5) is 33.4. The van der Waals surface area contributed by atoms with Crippen LogP contribution in [-0.4, -0.2) is 26.7 Å². The van der Waals surface area contributed by atoms with Gasteiger partial charge in [-0.15, -0.1) is 11.3 Å². The lowest BCUT2D eigenvalue weighted by atomic mass is 10.1. The number of anilines is 1. The highest BCUT2D eigenvalue weighted by Crippen LogP contribution is 2.19. The summed E-state index contributed by atoms with van der Waals surface area (Å²) < 4.78 is 1.37. The first-order chi connectivity index (χ1) is 12.1. The first-order valence-electron chi connectivity index (χ1n) is 7.50. The maximum Gasteiger partial charge on any atom is 0.255 e. The monoisotopic (exact) mass is 372 g/mol.